The Labute approximate surface area is 99.2 Å². The van der Waals surface area contributed by atoms with Gasteiger partial charge >= 0.3 is 0 Å². The Morgan fingerprint density at radius 3 is 2.81 bits per heavy atom. The minimum atomic E-state index is 0.787. The van der Waals surface area contributed by atoms with Crippen molar-refractivity contribution in [2.24, 2.45) is 0 Å². The van der Waals surface area contributed by atoms with E-state index in [1.54, 1.807) is 7.11 Å². The van der Waals surface area contributed by atoms with Crippen LogP contribution >= 0.6 is 0 Å². The first-order chi connectivity index (χ1) is 7.69. The first-order valence-corrected chi connectivity index (χ1v) is 5.93. The first-order valence-electron chi connectivity index (χ1n) is 5.93. The number of allylic oxidation sites excluding steroid dienone is 2. The van der Waals surface area contributed by atoms with E-state index in [0.717, 1.165) is 26.1 Å². The Morgan fingerprint density at radius 1 is 1.44 bits per heavy atom. The van der Waals surface area contributed by atoms with E-state index in [2.05, 4.69) is 30.3 Å². The van der Waals surface area contributed by atoms with Crippen LogP contribution in [0.2, 0.25) is 0 Å². The summed E-state index contributed by atoms with van der Waals surface area (Å²) in [5.74, 6) is 0. The molecule has 0 aromatic heterocycles. The first kappa shape index (κ1) is 13.3. The predicted octanol–water partition coefficient (Wildman–Crippen LogP) is 1.78. The highest BCUT2D eigenvalue weighted by Crippen LogP contribution is 2.25. The summed E-state index contributed by atoms with van der Waals surface area (Å²) in [5, 5.41) is 3.24. The number of rotatable bonds is 6. The van der Waals surface area contributed by atoms with Gasteiger partial charge in [-0.15, -0.1) is 0 Å². The van der Waals surface area contributed by atoms with E-state index in [9.17, 15) is 0 Å². The van der Waals surface area contributed by atoms with Gasteiger partial charge in [-0.3, -0.25) is 0 Å². The van der Waals surface area contributed by atoms with Crippen molar-refractivity contribution in [1.82, 2.24) is 10.2 Å². The molecule has 1 aliphatic carbocycles. The lowest BCUT2D eigenvalue weighted by Crippen LogP contribution is -2.26. The number of nitrogens with zero attached hydrogens (tertiary/aromatic N) is 1. The summed E-state index contributed by atoms with van der Waals surface area (Å²) in [6.07, 6.45) is 4.65. The Morgan fingerprint density at radius 2 is 2.19 bits per heavy atom. The molecule has 1 rings (SSSR count). The van der Waals surface area contributed by atoms with Gasteiger partial charge in [0.25, 0.3) is 0 Å². The van der Waals surface area contributed by atoms with Crippen LogP contribution in [0.4, 0.5) is 0 Å². The van der Waals surface area contributed by atoms with Gasteiger partial charge in [-0.25, -0.2) is 0 Å². The van der Waals surface area contributed by atoms with Gasteiger partial charge in [0.2, 0.25) is 0 Å². The largest absolute Gasteiger partial charge is 0.383 e. The lowest BCUT2D eigenvalue weighted by molar-refractivity contribution is 0.172. The van der Waals surface area contributed by atoms with Crippen LogP contribution in [0.1, 0.15) is 19.8 Å². The summed E-state index contributed by atoms with van der Waals surface area (Å²) in [6, 6.07) is 0. The fourth-order valence-corrected chi connectivity index (χ4v) is 2.07. The molecule has 1 aliphatic rings. The van der Waals surface area contributed by atoms with Crippen molar-refractivity contribution in [1.29, 1.82) is 0 Å². The molecule has 1 N–H and O–H groups in total. The molecule has 0 aromatic carbocycles. The van der Waals surface area contributed by atoms with Crippen molar-refractivity contribution in [3.8, 4) is 0 Å². The quantitative estimate of drug-likeness (QED) is 0.744. The zero-order valence-corrected chi connectivity index (χ0v) is 11.0. The van der Waals surface area contributed by atoms with Crippen LogP contribution in [0.5, 0.6) is 0 Å². The van der Waals surface area contributed by atoms with Crippen LogP contribution in [0.15, 0.2) is 22.9 Å². The number of likely N-dealkylation sites (N-methyl/N-ethyl adjacent to an activating group) is 2. The predicted molar refractivity (Wildman–Crippen MR) is 68.4 cm³/mol. The number of hydrogen-bond acceptors (Lipinski definition) is 3. The average Bonchev–Trinajstić information content (AvgIpc) is 2.26. The average molecular weight is 224 g/mol. The molecule has 0 fully saturated rings. The van der Waals surface area contributed by atoms with Gasteiger partial charge in [0.05, 0.1) is 6.61 Å². The standard InChI is InChI=1S/C13H24N2O/c1-11-5-6-13(12(9-11)10-14-2)15(3)7-8-16-4/h9,14H,5-8,10H2,1-4H3. The second-order valence-corrected chi connectivity index (χ2v) is 4.41. The molecule has 0 amide bonds. The Kier molecular flexibility index (Phi) is 5.56. The Balaban J connectivity index is 2.74. The normalized spacial score (nSPS) is 16.4. The third-order valence-electron chi connectivity index (χ3n) is 3.01. The number of methoxy groups -OCH3 is 1. The van der Waals surface area contributed by atoms with Crippen molar-refractivity contribution >= 4 is 0 Å². The molecule has 0 heterocycles. The fraction of sp³-hybridized carbons (Fsp3) is 0.692. The molecule has 0 saturated heterocycles. The maximum absolute atomic E-state index is 5.12. The molecule has 92 valence electrons. The molecule has 0 atom stereocenters. The lowest BCUT2D eigenvalue weighted by Gasteiger charge is -2.28. The minimum Gasteiger partial charge on any atom is -0.383 e. The second kappa shape index (κ2) is 6.71. The number of ether oxygens (including phenoxy) is 1. The highest BCUT2D eigenvalue weighted by molar-refractivity contribution is 5.33. The van der Waals surface area contributed by atoms with Gasteiger partial charge in [-0.1, -0.05) is 11.6 Å². The molecule has 0 aliphatic heterocycles. The minimum absolute atomic E-state index is 0.787. The molecule has 0 aromatic rings. The van der Waals surface area contributed by atoms with Crippen molar-refractivity contribution in [2.75, 3.05) is 40.9 Å². The van der Waals surface area contributed by atoms with Crippen LogP contribution in [0, 0.1) is 0 Å². The van der Waals surface area contributed by atoms with Crippen LogP contribution in [-0.2, 0) is 4.74 Å². The number of hydrogen-bond donors (Lipinski definition) is 1. The van der Waals surface area contributed by atoms with E-state index in [4.69, 9.17) is 4.74 Å². The molecule has 3 heteroatoms. The van der Waals surface area contributed by atoms with Crippen molar-refractivity contribution in [3.05, 3.63) is 22.9 Å². The lowest BCUT2D eigenvalue weighted by atomic mass is 9.96. The van der Waals surface area contributed by atoms with E-state index in [1.165, 1.54) is 23.3 Å². The zero-order valence-electron chi connectivity index (χ0n) is 11.0. The van der Waals surface area contributed by atoms with Gasteiger partial charge in [0.15, 0.2) is 0 Å². The Bertz CT molecular complexity index is 282. The zero-order chi connectivity index (χ0) is 12.0. The van der Waals surface area contributed by atoms with E-state index in [-0.39, 0.29) is 0 Å². The molecular formula is C13H24N2O. The molecule has 0 unspecified atom stereocenters. The van der Waals surface area contributed by atoms with Gasteiger partial charge in [-0.05, 0) is 32.4 Å². The topological polar surface area (TPSA) is 24.5 Å². The molecule has 0 saturated carbocycles. The van der Waals surface area contributed by atoms with Crippen LogP contribution in [0.25, 0.3) is 0 Å². The molecular weight excluding hydrogens is 200 g/mol. The van der Waals surface area contributed by atoms with Crippen molar-refractivity contribution < 1.29 is 4.74 Å². The summed E-state index contributed by atoms with van der Waals surface area (Å²) in [5.41, 5.74) is 4.36. The van der Waals surface area contributed by atoms with Crippen LogP contribution in [0.3, 0.4) is 0 Å². The molecule has 0 radical (unpaired) electrons. The van der Waals surface area contributed by atoms with E-state index >= 15 is 0 Å². The van der Waals surface area contributed by atoms with Crippen molar-refractivity contribution in [2.45, 2.75) is 19.8 Å². The third-order valence-corrected chi connectivity index (χ3v) is 3.01. The molecule has 0 spiro atoms. The maximum Gasteiger partial charge on any atom is 0.0637 e. The summed E-state index contributed by atoms with van der Waals surface area (Å²) < 4.78 is 5.12. The van der Waals surface area contributed by atoms with E-state index in [0.29, 0.717) is 0 Å². The smallest absolute Gasteiger partial charge is 0.0637 e. The second-order valence-electron chi connectivity index (χ2n) is 4.41. The molecule has 0 bridgehead atoms. The van der Waals surface area contributed by atoms with Gasteiger partial charge < -0.3 is 15.0 Å². The SMILES string of the molecule is CNCC1=C(N(C)CCOC)CCC(C)=C1. The summed E-state index contributed by atoms with van der Waals surface area (Å²) >= 11 is 0. The summed E-state index contributed by atoms with van der Waals surface area (Å²) in [4.78, 5) is 2.32. The highest BCUT2D eigenvalue weighted by atomic mass is 16.5. The van der Waals surface area contributed by atoms with E-state index < -0.39 is 0 Å². The van der Waals surface area contributed by atoms with E-state index in [1.807, 2.05) is 7.05 Å². The van der Waals surface area contributed by atoms with Gasteiger partial charge in [0, 0.05) is 32.9 Å². The third kappa shape index (κ3) is 3.65. The van der Waals surface area contributed by atoms with Gasteiger partial charge in [0.1, 0.15) is 0 Å². The molecule has 16 heavy (non-hydrogen) atoms. The van der Waals surface area contributed by atoms with Gasteiger partial charge in [-0.2, -0.15) is 0 Å². The van der Waals surface area contributed by atoms with Crippen LogP contribution < -0.4 is 5.32 Å². The molecule has 3 nitrogen and oxygen atoms in total. The summed E-state index contributed by atoms with van der Waals surface area (Å²) in [7, 11) is 5.90. The highest BCUT2D eigenvalue weighted by Gasteiger charge is 2.14. The maximum atomic E-state index is 5.12. The number of nitrogens with one attached hydrogen (secondary N) is 1. The monoisotopic (exact) mass is 224 g/mol. The summed E-state index contributed by atoms with van der Waals surface area (Å²) in [6.45, 7) is 4.91. The van der Waals surface area contributed by atoms with Crippen LogP contribution in [-0.4, -0.2) is 45.8 Å². The fourth-order valence-electron chi connectivity index (χ4n) is 2.07. The Hall–Kier alpha value is -0.800. The van der Waals surface area contributed by atoms with Crippen molar-refractivity contribution in [3.63, 3.8) is 0 Å².